The first-order valence-corrected chi connectivity index (χ1v) is 8.67. The van der Waals surface area contributed by atoms with Gasteiger partial charge in [-0.05, 0) is 48.8 Å². The van der Waals surface area contributed by atoms with Gasteiger partial charge in [0.2, 0.25) is 0 Å². The molecule has 1 aliphatic rings. The molecule has 1 N–H and O–H groups in total. The summed E-state index contributed by atoms with van der Waals surface area (Å²) in [5.41, 5.74) is 2.71. The number of nitrogens with one attached hydrogen (secondary N) is 1. The highest BCUT2D eigenvalue weighted by atomic mass is 16.5. The lowest BCUT2D eigenvalue weighted by atomic mass is 10.00. The van der Waals surface area contributed by atoms with E-state index in [4.69, 9.17) is 4.74 Å². The van der Waals surface area contributed by atoms with E-state index in [1.54, 1.807) is 0 Å². The van der Waals surface area contributed by atoms with Crippen molar-refractivity contribution in [1.29, 1.82) is 0 Å². The van der Waals surface area contributed by atoms with Crippen molar-refractivity contribution in [2.45, 2.75) is 58.5 Å². The van der Waals surface area contributed by atoms with Crippen LogP contribution in [0.4, 0.5) is 0 Å². The van der Waals surface area contributed by atoms with Gasteiger partial charge in [0.25, 0.3) is 0 Å². The van der Waals surface area contributed by atoms with E-state index in [0.29, 0.717) is 5.92 Å². The molecule has 1 saturated carbocycles. The molecule has 0 bridgehead atoms. The van der Waals surface area contributed by atoms with Gasteiger partial charge in [-0.15, -0.1) is 0 Å². The molecular formula is C19H31NO. The van der Waals surface area contributed by atoms with Gasteiger partial charge in [0.05, 0.1) is 6.61 Å². The maximum Gasteiger partial charge on any atom is 0.0717 e. The molecule has 1 aromatic carbocycles. The summed E-state index contributed by atoms with van der Waals surface area (Å²) < 4.78 is 5.87. The normalized spacial score (nSPS) is 17.2. The van der Waals surface area contributed by atoms with Gasteiger partial charge >= 0.3 is 0 Å². The van der Waals surface area contributed by atoms with E-state index in [-0.39, 0.29) is 0 Å². The van der Waals surface area contributed by atoms with Crippen LogP contribution in [-0.4, -0.2) is 19.7 Å². The molecule has 0 saturated heterocycles. The van der Waals surface area contributed by atoms with Crippen molar-refractivity contribution in [3.05, 3.63) is 35.4 Å². The summed E-state index contributed by atoms with van der Waals surface area (Å²) in [5, 5.41) is 3.49. The number of hydrogen-bond donors (Lipinski definition) is 1. The van der Waals surface area contributed by atoms with Crippen LogP contribution in [0, 0.1) is 5.92 Å². The van der Waals surface area contributed by atoms with Crippen LogP contribution in [0.3, 0.4) is 0 Å². The smallest absolute Gasteiger partial charge is 0.0717 e. The van der Waals surface area contributed by atoms with Crippen LogP contribution in [0.5, 0.6) is 0 Å². The molecule has 0 aromatic heterocycles. The molecule has 1 aliphatic carbocycles. The second-order valence-electron chi connectivity index (χ2n) is 6.51. The molecule has 2 nitrogen and oxygen atoms in total. The van der Waals surface area contributed by atoms with E-state index in [1.807, 2.05) is 0 Å². The average molecular weight is 289 g/mol. The maximum absolute atomic E-state index is 5.87. The second kappa shape index (κ2) is 9.22. The van der Waals surface area contributed by atoms with Gasteiger partial charge in [-0.1, -0.05) is 51.0 Å². The fraction of sp³-hybridized carbons (Fsp3) is 0.684. The van der Waals surface area contributed by atoms with E-state index in [1.165, 1.54) is 43.2 Å². The monoisotopic (exact) mass is 289 g/mol. The number of ether oxygens (including phenoxy) is 1. The lowest BCUT2D eigenvalue weighted by molar-refractivity contribution is 0.0889. The summed E-state index contributed by atoms with van der Waals surface area (Å²) in [7, 11) is 0. The summed E-state index contributed by atoms with van der Waals surface area (Å²) in [6.45, 7) is 8.37. The highest BCUT2D eigenvalue weighted by Gasteiger charge is 2.14. The molecule has 0 aliphatic heterocycles. The molecule has 0 heterocycles. The first kappa shape index (κ1) is 16.5. The van der Waals surface area contributed by atoms with E-state index < -0.39 is 0 Å². The molecule has 1 atom stereocenters. The fourth-order valence-corrected chi connectivity index (χ4v) is 3.08. The van der Waals surface area contributed by atoms with E-state index in [2.05, 4.69) is 43.4 Å². The number of hydrogen-bond acceptors (Lipinski definition) is 2. The van der Waals surface area contributed by atoms with E-state index in [0.717, 1.165) is 32.2 Å². The minimum absolute atomic E-state index is 0.574. The van der Waals surface area contributed by atoms with Crippen molar-refractivity contribution >= 4 is 0 Å². The first-order valence-electron chi connectivity index (χ1n) is 8.67. The highest BCUT2D eigenvalue weighted by Crippen LogP contribution is 2.25. The van der Waals surface area contributed by atoms with Gasteiger partial charge in [-0.2, -0.15) is 0 Å². The standard InChI is InChI=1S/C19H31NO/c1-3-12-20-13-16(2)19-10-8-18(9-11-19)15-21-14-17-6-4-5-7-17/h8-11,16-17,20H,3-7,12-15H2,1-2H3. The first-order chi connectivity index (χ1) is 10.3. The zero-order valence-electron chi connectivity index (χ0n) is 13.7. The minimum Gasteiger partial charge on any atom is -0.376 e. The quantitative estimate of drug-likeness (QED) is 0.676. The minimum atomic E-state index is 0.574. The summed E-state index contributed by atoms with van der Waals surface area (Å²) >= 11 is 0. The Morgan fingerprint density at radius 2 is 1.90 bits per heavy atom. The Hall–Kier alpha value is -0.860. The van der Waals surface area contributed by atoms with Crippen molar-refractivity contribution in [1.82, 2.24) is 5.32 Å². The third-order valence-corrected chi connectivity index (χ3v) is 4.52. The molecule has 2 rings (SSSR count). The van der Waals surface area contributed by atoms with Crippen molar-refractivity contribution in [2.24, 2.45) is 5.92 Å². The van der Waals surface area contributed by atoms with Crippen LogP contribution in [0.1, 0.15) is 63.0 Å². The third kappa shape index (κ3) is 5.80. The van der Waals surface area contributed by atoms with Gasteiger partial charge in [0, 0.05) is 13.2 Å². The SMILES string of the molecule is CCCNCC(C)c1ccc(COCC2CCCC2)cc1. The van der Waals surface area contributed by atoms with Crippen LogP contribution in [0.25, 0.3) is 0 Å². The molecule has 2 heteroatoms. The molecule has 1 aromatic rings. The summed E-state index contributed by atoms with van der Waals surface area (Å²) in [4.78, 5) is 0. The van der Waals surface area contributed by atoms with Crippen molar-refractivity contribution in [3.8, 4) is 0 Å². The summed E-state index contributed by atoms with van der Waals surface area (Å²) in [5.74, 6) is 1.39. The van der Waals surface area contributed by atoms with Crippen molar-refractivity contribution in [2.75, 3.05) is 19.7 Å². The Balaban J connectivity index is 1.70. The maximum atomic E-state index is 5.87. The summed E-state index contributed by atoms with van der Waals surface area (Å²) in [6.07, 6.45) is 6.71. The average Bonchev–Trinajstić information content (AvgIpc) is 3.01. The number of rotatable bonds is 9. The summed E-state index contributed by atoms with van der Waals surface area (Å²) in [6, 6.07) is 8.96. The zero-order chi connectivity index (χ0) is 14.9. The predicted octanol–water partition coefficient (Wildman–Crippen LogP) is 4.50. The second-order valence-corrected chi connectivity index (χ2v) is 6.51. The Morgan fingerprint density at radius 1 is 1.19 bits per heavy atom. The van der Waals surface area contributed by atoms with Gasteiger partial charge in [-0.25, -0.2) is 0 Å². The molecule has 0 spiro atoms. The van der Waals surface area contributed by atoms with Gasteiger partial charge in [-0.3, -0.25) is 0 Å². The Labute approximate surface area is 130 Å². The van der Waals surface area contributed by atoms with Gasteiger partial charge in [0.15, 0.2) is 0 Å². The van der Waals surface area contributed by atoms with Crippen LogP contribution in [0.2, 0.25) is 0 Å². The van der Waals surface area contributed by atoms with Crippen LogP contribution >= 0.6 is 0 Å². The Kier molecular flexibility index (Phi) is 7.25. The zero-order valence-corrected chi connectivity index (χ0v) is 13.7. The number of benzene rings is 1. The topological polar surface area (TPSA) is 21.3 Å². The molecule has 1 fully saturated rings. The van der Waals surface area contributed by atoms with Crippen LogP contribution in [0.15, 0.2) is 24.3 Å². The van der Waals surface area contributed by atoms with E-state index in [9.17, 15) is 0 Å². The molecule has 0 amide bonds. The Morgan fingerprint density at radius 3 is 2.57 bits per heavy atom. The predicted molar refractivity (Wildman–Crippen MR) is 89.6 cm³/mol. The third-order valence-electron chi connectivity index (χ3n) is 4.52. The molecule has 1 unspecified atom stereocenters. The van der Waals surface area contributed by atoms with Crippen LogP contribution < -0.4 is 5.32 Å². The Bertz CT molecular complexity index is 381. The van der Waals surface area contributed by atoms with Crippen molar-refractivity contribution in [3.63, 3.8) is 0 Å². The molecule has 118 valence electrons. The fourth-order valence-electron chi connectivity index (χ4n) is 3.08. The van der Waals surface area contributed by atoms with Crippen LogP contribution in [-0.2, 0) is 11.3 Å². The molecule has 0 radical (unpaired) electrons. The highest BCUT2D eigenvalue weighted by molar-refractivity contribution is 5.24. The van der Waals surface area contributed by atoms with Crippen molar-refractivity contribution < 1.29 is 4.74 Å². The molecule has 21 heavy (non-hydrogen) atoms. The lowest BCUT2D eigenvalue weighted by Gasteiger charge is -2.14. The largest absolute Gasteiger partial charge is 0.376 e. The van der Waals surface area contributed by atoms with Gasteiger partial charge < -0.3 is 10.1 Å². The van der Waals surface area contributed by atoms with E-state index >= 15 is 0 Å². The van der Waals surface area contributed by atoms with Gasteiger partial charge in [0.1, 0.15) is 0 Å². The molecular weight excluding hydrogens is 258 g/mol. The lowest BCUT2D eigenvalue weighted by Crippen LogP contribution is -2.20.